The molecule has 0 aromatic heterocycles. The number of hydrogen-bond acceptors (Lipinski definition) is 5. The smallest absolute Gasteiger partial charge is 0.340 e. The molecule has 2 aromatic rings. The lowest BCUT2D eigenvalue weighted by Gasteiger charge is -2.28. The first-order valence-corrected chi connectivity index (χ1v) is 15.2. The van der Waals surface area contributed by atoms with Crippen molar-refractivity contribution >= 4 is 27.0 Å². The minimum atomic E-state index is -4.94. The summed E-state index contributed by atoms with van der Waals surface area (Å²) >= 11 is 1.30. The molecule has 6 N–H and O–H groups in total. The molecule has 2 atom stereocenters. The Morgan fingerprint density at radius 3 is 1.88 bits per heavy atom. The molecule has 184 valence electrons. The minimum absolute atomic E-state index is 0.102. The summed E-state index contributed by atoms with van der Waals surface area (Å²) < 4.78 is 23.0. The van der Waals surface area contributed by atoms with Crippen molar-refractivity contribution in [2.75, 3.05) is 5.75 Å². The molecule has 0 saturated carbocycles. The zero-order chi connectivity index (χ0) is 24.8. The number of benzene rings is 2. The first-order chi connectivity index (χ1) is 15.4. The fourth-order valence-corrected chi connectivity index (χ4v) is 8.04. The van der Waals surface area contributed by atoms with E-state index in [9.17, 15) is 38.9 Å². The van der Waals surface area contributed by atoms with E-state index in [1.54, 1.807) is 24.3 Å². The first-order valence-electron chi connectivity index (χ1n) is 10.7. The number of thioether (sulfide) groups is 1. The minimum Gasteiger partial charge on any atom is -0.508 e. The number of rotatable bonds is 12. The number of phenols is 2. The second-order valence-corrected chi connectivity index (χ2v) is 13.1. The molecule has 2 unspecified atom stereocenters. The monoisotopic (exact) mass is 518 g/mol. The normalized spacial score (nSPS) is 14.4. The average molecular weight is 519 g/mol. The molecule has 0 bridgehead atoms. The Bertz CT molecular complexity index is 980. The van der Waals surface area contributed by atoms with Crippen molar-refractivity contribution in [1.82, 2.24) is 0 Å². The molecule has 0 heterocycles. The van der Waals surface area contributed by atoms with Gasteiger partial charge in [-0.3, -0.25) is 9.13 Å². The quantitative estimate of drug-likeness (QED) is 0.166. The van der Waals surface area contributed by atoms with Crippen LogP contribution < -0.4 is 0 Å². The largest absolute Gasteiger partial charge is 0.508 e. The van der Waals surface area contributed by atoms with Crippen LogP contribution in [0.25, 0.3) is 0 Å². The Kier molecular flexibility index (Phi) is 10.1. The average Bonchev–Trinajstić information content (AvgIpc) is 2.71. The molecule has 0 aliphatic carbocycles. The zero-order valence-electron chi connectivity index (χ0n) is 18.6. The number of hydrogen-bond donors (Lipinski definition) is 6. The number of phenolic OH excluding ortho intramolecular Hbond substituents is 2. The Labute approximate surface area is 198 Å². The maximum Gasteiger partial charge on any atom is 0.340 e. The van der Waals surface area contributed by atoms with Crippen LogP contribution in [0.3, 0.4) is 0 Å². The molecule has 0 saturated heterocycles. The van der Waals surface area contributed by atoms with Crippen molar-refractivity contribution in [2.24, 2.45) is 0 Å². The second-order valence-electron chi connectivity index (χ2n) is 8.00. The molecule has 0 spiro atoms. The Morgan fingerprint density at radius 1 is 0.818 bits per heavy atom. The van der Waals surface area contributed by atoms with Crippen molar-refractivity contribution in [2.45, 2.75) is 56.1 Å². The molecule has 33 heavy (non-hydrogen) atoms. The van der Waals surface area contributed by atoms with Gasteiger partial charge in [0.2, 0.25) is 0 Å². The molecule has 0 aliphatic rings. The van der Waals surface area contributed by atoms with Crippen molar-refractivity contribution in [3.05, 3.63) is 59.2 Å². The molecule has 8 nitrogen and oxygen atoms in total. The van der Waals surface area contributed by atoms with E-state index in [4.69, 9.17) is 0 Å². The van der Waals surface area contributed by atoms with Gasteiger partial charge < -0.3 is 29.8 Å². The summed E-state index contributed by atoms with van der Waals surface area (Å²) in [6, 6.07) is 12.3. The standard InChI is InChI=1S/C22H32O8P2S/c1-3-19(15-5-7-17(23)8-6-15)20(4-2)21-10-9-18(24)13-16(21)14-33-12-11-22(31(25,26)27)32(28,29)30/h5-10,13,19-20,22-24H,3-4,11-12,14H2,1-2H3,(H2,25,26,27)(H2,28,29,30). The predicted molar refractivity (Wildman–Crippen MR) is 131 cm³/mol. The molecule has 0 radical (unpaired) electrons. The molecule has 0 aliphatic heterocycles. The molecule has 2 rings (SSSR count). The zero-order valence-corrected chi connectivity index (χ0v) is 21.2. The highest BCUT2D eigenvalue weighted by molar-refractivity contribution is 7.98. The van der Waals surface area contributed by atoms with Crippen LogP contribution in [0.4, 0.5) is 0 Å². The van der Waals surface area contributed by atoms with Crippen molar-refractivity contribution in [3.63, 3.8) is 0 Å². The first kappa shape index (κ1) is 27.9. The summed E-state index contributed by atoms with van der Waals surface area (Å²) in [7, 11) is -9.87. The SMILES string of the molecule is CCC(c1ccc(O)cc1)C(CC)c1ccc(O)cc1CSCCC(P(=O)(O)O)P(=O)(O)O. The van der Waals surface area contributed by atoms with Gasteiger partial charge in [-0.25, -0.2) is 0 Å². The molecular formula is C22H32O8P2S. The lowest BCUT2D eigenvalue weighted by molar-refractivity contribution is 0.337. The van der Waals surface area contributed by atoms with Crippen LogP contribution in [0.15, 0.2) is 42.5 Å². The highest BCUT2D eigenvalue weighted by Gasteiger charge is 2.42. The van der Waals surface area contributed by atoms with E-state index >= 15 is 0 Å². The topological polar surface area (TPSA) is 156 Å². The highest BCUT2D eigenvalue weighted by atomic mass is 32.2. The summed E-state index contributed by atoms with van der Waals surface area (Å²) in [5.41, 5.74) is 3.01. The van der Waals surface area contributed by atoms with Gasteiger partial charge in [0.1, 0.15) is 11.5 Å². The van der Waals surface area contributed by atoms with E-state index in [-0.39, 0.29) is 35.5 Å². The van der Waals surface area contributed by atoms with Gasteiger partial charge in [0.25, 0.3) is 0 Å². The fraction of sp³-hybridized carbons (Fsp3) is 0.455. The van der Waals surface area contributed by atoms with E-state index in [0.29, 0.717) is 5.75 Å². The van der Waals surface area contributed by atoms with Crippen LogP contribution in [-0.4, -0.2) is 40.9 Å². The van der Waals surface area contributed by atoms with Gasteiger partial charge in [0, 0.05) is 5.75 Å². The Morgan fingerprint density at radius 2 is 1.36 bits per heavy atom. The fourth-order valence-electron chi connectivity index (χ4n) is 4.18. The summed E-state index contributed by atoms with van der Waals surface area (Å²) in [6.07, 6.45) is 1.37. The van der Waals surface area contributed by atoms with Gasteiger partial charge in [-0.2, -0.15) is 11.8 Å². The molecular weight excluding hydrogens is 486 g/mol. The summed E-state index contributed by atoms with van der Waals surface area (Å²) in [4.78, 5) is 37.2. The van der Waals surface area contributed by atoms with E-state index in [1.807, 2.05) is 18.2 Å². The predicted octanol–water partition coefficient (Wildman–Crippen LogP) is 5.09. The maximum absolute atomic E-state index is 11.5. The van der Waals surface area contributed by atoms with Gasteiger partial charge in [0.05, 0.1) is 0 Å². The van der Waals surface area contributed by atoms with E-state index in [1.165, 1.54) is 11.8 Å². The third-order valence-electron chi connectivity index (χ3n) is 5.77. The van der Waals surface area contributed by atoms with E-state index in [0.717, 1.165) is 29.5 Å². The van der Waals surface area contributed by atoms with Gasteiger partial charge in [-0.05, 0) is 77.8 Å². The lowest BCUT2D eigenvalue weighted by Crippen LogP contribution is -2.13. The van der Waals surface area contributed by atoms with E-state index in [2.05, 4.69) is 13.8 Å². The van der Waals surface area contributed by atoms with Gasteiger partial charge in [-0.1, -0.05) is 32.0 Å². The van der Waals surface area contributed by atoms with Crippen LogP contribution in [-0.2, 0) is 14.9 Å². The van der Waals surface area contributed by atoms with Gasteiger partial charge in [0.15, 0.2) is 5.40 Å². The lowest BCUT2D eigenvalue weighted by atomic mass is 9.77. The second kappa shape index (κ2) is 11.9. The van der Waals surface area contributed by atoms with Crippen LogP contribution >= 0.6 is 27.0 Å². The van der Waals surface area contributed by atoms with E-state index < -0.39 is 20.6 Å². The van der Waals surface area contributed by atoms with Crippen LogP contribution in [0, 0.1) is 0 Å². The Hall–Kier alpha value is -1.31. The van der Waals surface area contributed by atoms with Gasteiger partial charge in [-0.15, -0.1) is 0 Å². The van der Waals surface area contributed by atoms with Crippen molar-refractivity contribution in [3.8, 4) is 11.5 Å². The summed E-state index contributed by atoms with van der Waals surface area (Å²) in [6.45, 7) is 4.18. The van der Waals surface area contributed by atoms with Crippen molar-refractivity contribution < 1.29 is 38.9 Å². The third kappa shape index (κ3) is 7.86. The van der Waals surface area contributed by atoms with Crippen molar-refractivity contribution in [1.29, 1.82) is 0 Å². The molecule has 2 aromatic carbocycles. The molecule has 0 fully saturated rings. The summed E-state index contributed by atoms with van der Waals surface area (Å²) in [5.74, 6) is 1.17. The number of aromatic hydroxyl groups is 2. The Balaban J connectivity index is 2.22. The van der Waals surface area contributed by atoms with Crippen LogP contribution in [0.2, 0.25) is 0 Å². The maximum atomic E-state index is 11.5. The molecule has 11 heteroatoms. The highest BCUT2D eigenvalue weighted by Crippen LogP contribution is 2.61. The van der Waals surface area contributed by atoms with Gasteiger partial charge >= 0.3 is 15.2 Å². The van der Waals surface area contributed by atoms with Crippen LogP contribution in [0.5, 0.6) is 11.5 Å². The van der Waals surface area contributed by atoms with Crippen LogP contribution in [0.1, 0.15) is 61.6 Å². The molecule has 0 amide bonds. The third-order valence-corrected chi connectivity index (χ3v) is 10.7. The summed E-state index contributed by atoms with van der Waals surface area (Å²) in [5, 5.41) is 17.7.